The molecule has 1 heterocycles. The first-order valence-electron chi connectivity index (χ1n) is 9.20. The van der Waals surface area contributed by atoms with Gasteiger partial charge in [0.05, 0.1) is 25.8 Å². The van der Waals surface area contributed by atoms with Gasteiger partial charge in [-0.2, -0.15) is 0 Å². The highest BCUT2D eigenvalue weighted by Gasteiger charge is 2.28. The monoisotopic (exact) mass is 411 g/mol. The molecular weight excluding hydrogens is 390 g/mol. The molecule has 0 saturated carbocycles. The molecular formula is C21H21N3O6. The first kappa shape index (κ1) is 20.8. The van der Waals surface area contributed by atoms with Crippen molar-refractivity contribution in [1.82, 2.24) is 15.5 Å². The minimum absolute atomic E-state index is 0.0108. The largest absolute Gasteiger partial charge is 0.497 e. The van der Waals surface area contributed by atoms with Crippen molar-refractivity contribution in [2.75, 3.05) is 20.3 Å². The number of urea groups is 1. The Hall–Kier alpha value is -3.88. The summed E-state index contributed by atoms with van der Waals surface area (Å²) in [5.74, 6) is -0.691. The number of nitrogens with zero attached hydrogens (tertiary/aromatic N) is 1. The van der Waals surface area contributed by atoms with Gasteiger partial charge in [0.15, 0.2) is 6.61 Å². The van der Waals surface area contributed by atoms with E-state index in [9.17, 15) is 19.2 Å². The lowest BCUT2D eigenvalue weighted by molar-refractivity contribution is -0.125. The van der Waals surface area contributed by atoms with Crippen molar-refractivity contribution in [3.8, 4) is 5.75 Å². The Balaban J connectivity index is 1.45. The maximum Gasteiger partial charge on any atom is 0.338 e. The van der Waals surface area contributed by atoms with Crippen LogP contribution in [0.15, 0.2) is 48.5 Å². The normalized spacial score (nSPS) is 13.0. The molecule has 4 amide bonds. The molecule has 2 aromatic carbocycles. The quantitative estimate of drug-likeness (QED) is 0.499. The van der Waals surface area contributed by atoms with E-state index in [0.717, 1.165) is 10.5 Å². The zero-order valence-corrected chi connectivity index (χ0v) is 16.3. The molecule has 0 atom stereocenters. The molecule has 0 spiro atoms. The summed E-state index contributed by atoms with van der Waals surface area (Å²) in [5.41, 5.74) is 1.80. The summed E-state index contributed by atoms with van der Waals surface area (Å²) in [7, 11) is 1.56. The van der Waals surface area contributed by atoms with Crippen molar-refractivity contribution < 1.29 is 28.7 Å². The summed E-state index contributed by atoms with van der Waals surface area (Å²) in [6.07, 6.45) is 0. The molecule has 30 heavy (non-hydrogen) atoms. The van der Waals surface area contributed by atoms with Crippen LogP contribution in [-0.2, 0) is 27.4 Å². The van der Waals surface area contributed by atoms with Crippen LogP contribution in [-0.4, -0.2) is 49.0 Å². The Morgan fingerprint density at radius 2 is 1.87 bits per heavy atom. The maximum atomic E-state index is 12.1. The van der Waals surface area contributed by atoms with Crippen molar-refractivity contribution in [1.29, 1.82) is 0 Å². The first-order valence-corrected chi connectivity index (χ1v) is 9.20. The summed E-state index contributed by atoms with van der Waals surface area (Å²) < 4.78 is 10.2. The van der Waals surface area contributed by atoms with E-state index in [0.29, 0.717) is 11.3 Å². The van der Waals surface area contributed by atoms with Crippen LogP contribution in [0.4, 0.5) is 4.79 Å². The Morgan fingerprint density at radius 3 is 2.53 bits per heavy atom. The van der Waals surface area contributed by atoms with Crippen molar-refractivity contribution in [3.05, 3.63) is 65.2 Å². The van der Waals surface area contributed by atoms with Crippen molar-refractivity contribution in [2.24, 2.45) is 0 Å². The van der Waals surface area contributed by atoms with E-state index in [1.54, 1.807) is 31.4 Å². The molecule has 0 radical (unpaired) electrons. The SMILES string of the molecule is COc1cccc(CNC(=O)COC(=O)c2ccc(CN3C(=O)CNC3=O)cc2)c1. The van der Waals surface area contributed by atoms with Gasteiger partial charge in [0.1, 0.15) is 5.75 Å². The Bertz CT molecular complexity index is 941. The minimum Gasteiger partial charge on any atom is -0.497 e. The topological polar surface area (TPSA) is 114 Å². The van der Waals surface area contributed by atoms with E-state index in [2.05, 4.69) is 10.6 Å². The van der Waals surface area contributed by atoms with Gasteiger partial charge in [0.2, 0.25) is 5.91 Å². The lowest BCUT2D eigenvalue weighted by Crippen LogP contribution is -2.30. The summed E-state index contributed by atoms with van der Waals surface area (Å²) >= 11 is 0. The van der Waals surface area contributed by atoms with Crippen molar-refractivity contribution in [3.63, 3.8) is 0 Å². The van der Waals surface area contributed by atoms with Crippen LogP contribution < -0.4 is 15.4 Å². The second-order valence-electron chi connectivity index (χ2n) is 6.54. The number of rotatable bonds is 8. The predicted octanol–water partition coefficient (Wildman–Crippen LogP) is 1.22. The highest BCUT2D eigenvalue weighted by Crippen LogP contribution is 2.13. The van der Waals surface area contributed by atoms with Crippen LogP contribution in [0.1, 0.15) is 21.5 Å². The molecule has 0 bridgehead atoms. The number of esters is 1. The minimum atomic E-state index is -0.645. The smallest absolute Gasteiger partial charge is 0.338 e. The number of carbonyl (C=O) groups excluding carboxylic acids is 4. The standard InChI is InChI=1S/C21H21N3O6/c1-29-17-4-2-3-15(9-17)10-22-18(25)13-30-20(27)16-7-5-14(6-8-16)12-24-19(26)11-23-21(24)28/h2-9H,10-13H2,1H3,(H,22,25)(H,23,28). The van der Waals surface area contributed by atoms with E-state index >= 15 is 0 Å². The highest BCUT2D eigenvalue weighted by molar-refractivity contribution is 6.01. The molecule has 3 rings (SSSR count). The predicted molar refractivity (Wildman–Crippen MR) is 106 cm³/mol. The molecule has 1 aliphatic rings. The third-order valence-electron chi connectivity index (χ3n) is 4.43. The number of amides is 4. The van der Waals surface area contributed by atoms with E-state index in [-0.39, 0.29) is 31.1 Å². The summed E-state index contributed by atoms with van der Waals surface area (Å²) in [6.45, 7) is -0.0200. The van der Waals surface area contributed by atoms with Gasteiger partial charge in [-0.05, 0) is 35.4 Å². The summed E-state index contributed by atoms with van der Waals surface area (Å²) in [5, 5.41) is 5.11. The Morgan fingerprint density at radius 1 is 1.10 bits per heavy atom. The van der Waals surface area contributed by atoms with E-state index in [1.807, 2.05) is 12.1 Å². The van der Waals surface area contributed by atoms with Crippen molar-refractivity contribution >= 4 is 23.8 Å². The highest BCUT2D eigenvalue weighted by atomic mass is 16.5. The fourth-order valence-electron chi connectivity index (χ4n) is 2.79. The number of carbonyl (C=O) groups is 4. The van der Waals surface area contributed by atoms with Gasteiger partial charge in [-0.25, -0.2) is 9.59 Å². The third-order valence-corrected chi connectivity index (χ3v) is 4.43. The molecule has 1 saturated heterocycles. The van der Waals surface area contributed by atoms with Crippen LogP contribution in [0.2, 0.25) is 0 Å². The summed E-state index contributed by atoms with van der Waals surface area (Å²) in [6, 6.07) is 13.1. The zero-order valence-electron chi connectivity index (χ0n) is 16.3. The average Bonchev–Trinajstić information content (AvgIpc) is 3.08. The third kappa shape index (κ3) is 5.34. The molecule has 0 unspecified atom stereocenters. The number of hydrogen-bond donors (Lipinski definition) is 2. The summed E-state index contributed by atoms with van der Waals surface area (Å²) in [4.78, 5) is 48.3. The van der Waals surface area contributed by atoms with Gasteiger partial charge in [0.25, 0.3) is 5.91 Å². The molecule has 0 aromatic heterocycles. The van der Waals surface area contributed by atoms with Crippen LogP contribution in [0, 0.1) is 0 Å². The number of methoxy groups -OCH3 is 1. The van der Waals surface area contributed by atoms with Crippen molar-refractivity contribution in [2.45, 2.75) is 13.1 Å². The molecule has 1 fully saturated rings. The number of nitrogens with one attached hydrogen (secondary N) is 2. The molecule has 2 N–H and O–H groups in total. The Kier molecular flexibility index (Phi) is 6.63. The fraction of sp³-hybridized carbons (Fsp3) is 0.238. The number of imide groups is 1. The molecule has 0 aliphatic carbocycles. The fourth-order valence-corrected chi connectivity index (χ4v) is 2.79. The molecule has 156 valence electrons. The molecule has 2 aromatic rings. The number of hydrogen-bond acceptors (Lipinski definition) is 6. The lowest BCUT2D eigenvalue weighted by atomic mass is 10.1. The molecule has 1 aliphatic heterocycles. The Labute approximate surface area is 172 Å². The second kappa shape index (κ2) is 9.55. The molecule has 9 heteroatoms. The maximum absolute atomic E-state index is 12.1. The van der Waals surface area contributed by atoms with E-state index < -0.39 is 24.5 Å². The average molecular weight is 411 g/mol. The van der Waals surface area contributed by atoms with Gasteiger partial charge < -0.3 is 20.1 Å². The van der Waals surface area contributed by atoms with E-state index in [4.69, 9.17) is 9.47 Å². The van der Waals surface area contributed by atoms with Crippen LogP contribution in [0.25, 0.3) is 0 Å². The lowest BCUT2D eigenvalue weighted by Gasteiger charge is -2.12. The van der Waals surface area contributed by atoms with Gasteiger partial charge in [-0.3, -0.25) is 14.5 Å². The van der Waals surface area contributed by atoms with E-state index in [1.165, 1.54) is 12.1 Å². The zero-order chi connectivity index (χ0) is 21.5. The van der Waals surface area contributed by atoms with Crippen LogP contribution in [0.3, 0.4) is 0 Å². The first-order chi connectivity index (χ1) is 14.5. The van der Waals surface area contributed by atoms with Gasteiger partial charge in [-0.1, -0.05) is 24.3 Å². The molecule has 9 nitrogen and oxygen atoms in total. The van der Waals surface area contributed by atoms with Crippen LogP contribution >= 0.6 is 0 Å². The van der Waals surface area contributed by atoms with Gasteiger partial charge >= 0.3 is 12.0 Å². The van der Waals surface area contributed by atoms with Crippen LogP contribution in [0.5, 0.6) is 5.75 Å². The second-order valence-corrected chi connectivity index (χ2v) is 6.54. The van der Waals surface area contributed by atoms with Gasteiger partial charge in [0, 0.05) is 6.54 Å². The van der Waals surface area contributed by atoms with Gasteiger partial charge in [-0.15, -0.1) is 0 Å². The number of ether oxygens (including phenoxy) is 2. The number of benzene rings is 2.